The minimum atomic E-state index is 0. The minimum Gasteiger partial charge on any atom is -0.508 e. The van der Waals surface area contributed by atoms with Crippen LogP contribution in [-0.4, -0.2) is 5.11 Å². The van der Waals surface area contributed by atoms with Crippen LogP contribution >= 0.6 is 0 Å². The molecule has 0 heterocycles. The molecule has 0 aromatic heterocycles. The molecule has 0 aliphatic carbocycles. The van der Waals surface area contributed by atoms with Gasteiger partial charge in [-0.3, -0.25) is 4.70 Å². The third-order valence-corrected chi connectivity index (χ3v) is 1.90. The molecule has 12 heavy (non-hydrogen) atoms. The SMILES string of the molecule is Cc1ccc(C(C)C)cc1O.F. The van der Waals surface area contributed by atoms with Crippen LogP contribution in [-0.2, 0) is 0 Å². The highest BCUT2D eigenvalue weighted by Gasteiger charge is 2.00. The third-order valence-electron chi connectivity index (χ3n) is 1.90. The first-order chi connectivity index (χ1) is 5.11. The first kappa shape index (κ1) is 11.0. The highest BCUT2D eigenvalue weighted by atomic mass is 19.0. The van der Waals surface area contributed by atoms with Crippen molar-refractivity contribution in [2.24, 2.45) is 0 Å². The first-order valence-corrected chi connectivity index (χ1v) is 3.91. The fraction of sp³-hybridized carbons (Fsp3) is 0.400. The maximum atomic E-state index is 9.35. The molecule has 0 saturated heterocycles. The van der Waals surface area contributed by atoms with Crippen LogP contribution in [0.1, 0.15) is 30.9 Å². The van der Waals surface area contributed by atoms with Gasteiger partial charge in [0.15, 0.2) is 0 Å². The van der Waals surface area contributed by atoms with Crippen LogP contribution in [0.15, 0.2) is 18.2 Å². The molecule has 0 spiro atoms. The number of benzene rings is 1. The summed E-state index contributed by atoms with van der Waals surface area (Å²) in [7, 11) is 0. The number of aryl methyl sites for hydroxylation is 1. The van der Waals surface area contributed by atoms with Crippen LogP contribution in [0.25, 0.3) is 0 Å². The molecule has 0 saturated carbocycles. The second-order valence-electron chi connectivity index (χ2n) is 3.20. The highest BCUT2D eigenvalue weighted by Crippen LogP contribution is 2.22. The molecule has 0 bridgehead atoms. The lowest BCUT2D eigenvalue weighted by atomic mass is 10.0. The van der Waals surface area contributed by atoms with Crippen LogP contribution < -0.4 is 0 Å². The van der Waals surface area contributed by atoms with Crippen molar-refractivity contribution in [2.75, 3.05) is 0 Å². The summed E-state index contributed by atoms with van der Waals surface area (Å²) < 4.78 is 0. The van der Waals surface area contributed by atoms with Gasteiger partial charge >= 0.3 is 0 Å². The standard InChI is InChI=1S/C10H14O.FH/c1-7(2)9-5-4-8(3)10(11)6-9;/h4-7,11H,1-3H3;1H. The van der Waals surface area contributed by atoms with Gasteiger partial charge in [0.1, 0.15) is 5.75 Å². The molecule has 0 amide bonds. The monoisotopic (exact) mass is 170 g/mol. The number of phenols is 1. The quantitative estimate of drug-likeness (QED) is 0.687. The summed E-state index contributed by atoms with van der Waals surface area (Å²) in [6.07, 6.45) is 0. The van der Waals surface area contributed by atoms with E-state index in [1.807, 2.05) is 19.1 Å². The molecule has 0 unspecified atom stereocenters. The van der Waals surface area contributed by atoms with Gasteiger partial charge in [0.05, 0.1) is 0 Å². The zero-order valence-corrected chi connectivity index (χ0v) is 7.66. The number of halogens is 1. The summed E-state index contributed by atoms with van der Waals surface area (Å²) >= 11 is 0. The molecule has 2 heteroatoms. The third kappa shape index (κ3) is 2.22. The zero-order valence-electron chi connectivity index (χ0n) is 7.66. The van der Waals surface area contributed by atoms with Gasteiger partial charge < -0.3 is 5.11 Å². The maximum Gasteiger partial charge on any atom is 0.118 e. The lowest BCUT2D eigenvalue weighted by Crippen LogP contribution is -1.86. The van der Waals surface area contributed by atoms with E-state index in [0.717, 1.165) is 5.56 Å². The van der Waals surface area contributed by atoms with Crippen LogP contribution in [0.2, 0.25) is 0 Å². The van der Waals surface area contributed by atoms with Gasteiger partial charge in [0.2, 0.25) is 0 Å². The molecule has 68 valence electrons. The number of rotatable bonds is 1. The normalized spacial score (nSPS) is 9.67. The maximum absolute atomic E-state index is 9.35. The van der Waals surface area contributed by atoms with E-state index >= 15 is 0 Å². The molecule has 0 aliphatic rings. The van der Waals surface area contributed by atoms with Crippen LogP contribution in [0.4, 0.5) is 4.70 Å². The Morgan fingerprint density at radius 1 is 1.25 bits per heavy atom. The van der Waals surface area contributed by atoms with E-state index in [-0.39, 0.29) is 4.70 Å². The molecular weight excluding hydrogens is 155 g/mol. The summed E-state index contributed by atoms with van der Waals surface area (Å²) in [6.45, 7) is 6.13. The van der Waals surface area contributed by atoms with Gasteiger partial charge in [-0.05, 0) is 30.0 Å². The lowest BCUT2D eigenvalue weighted by Gasteiger charge is -2.06. The van der Waals surface area contributed by atoms with E-state index < -0.39 is 0 Å². The Morgan fingerprint density at radius 2 is 1.83 bits per heavy atom. The van der Waals surface area contributed by atoms with Gasteiger partial charge in [0.25, 0.3) is 0 Å². The minimum absolute atomic E-state index is 0. The molecule has 1 aromatic rings. The van der Waals surface area contributed by atoms with E-state index in [2.05, 4.69) is 19.9 Å². The van der Waals surface area contributed by atoms with Crippen LogP contribution in [0.3, 0.4) is 0 Å². The van der Waals surface area contributed by atoms with Crippen molar-refractivity contribution < 1.29 is 9.81 Å². The van der Waals surface area contributed by atoms with Crippen LogP contribution in [0.5, 0.6) is 5.75 Å². The Balaban J connectivity index is 0.00000121. The van der Waals surface area contributed by atoms with Crippen molar-refractivity contribution in [3.05, 3.63) is 29.3 Å². The van der Waals surface area contributed by atoms with E-state index in [4.69, 9.17) is 0 Å². The van der Waals surface area contributed by atoms with Crippen molar-refractivity contribution in [2.45, 2.75) is 26.7 Å². The van der Waals surface area contributed by atoms with Gasteiger partial charge in [-0.2, -0.15) is 0 Å². The van der Waals surface area contributed by atoms with Crippen molar-refractivity contribution in [3.63, 3.8) is 0 Å². The average Bonchev–Trinajstić information content (AvgIpc) is 1.94. The predicted octanol–water partition coefficient (Wildman–Crippen LogP) is 2.98. The van der Waals surface area contributed by atoms with Crippen molar-refractivity contribution in [3.8, 4) is 5.75 Å². The van der Waals surface area contributed by atoms with Crippen molar-refractivity contribution in [1.82, 2.24) is 0 Å². The van der Waals surface area contributed by atoms with E-state index in [1.54, 1.807) is 0 Å². The molecule has 0 atom stereocenters. The Bertz CT molecular complexity index is 256. The largest absolute Gasteiger partial charge is 0.508 e. The fourth-order valence-electron chi connectivity index (χ4n) is 0.986. The molecule has 1 aromatic carbocycles. The van der Waals surface area contributed by atoms with Crippen LogP contribution in [0, 0.1) is 6.92 Å². The Morgan fingerprint density at radius 3 is 2.25 bits per heavy atom. The highest BCUT2D eigenvalue weighted by molar-refractivity contribution is 5.36. The second kappa shape index (κ2) is 4.10. The van der Waals surface area contributed by atoms with E-state index in [9.17, 15) is 5.11 Å². The number of hydrogen-bond acceptors (Lipinski definition) is 1. The molecule has 0 fully saturated rings. The van der Waals surface area contributed by atoms with Gasteiger partial charge in [0, 0.05) is 0 Å². The summed E-state index contributed by atoms with van der Waals surface area (Å²) in [4.78, 5) is 0. The summed E-state index contributed by atoms with van der Waals surface area (Å²) in [5.74, 6) is 0.887. The smallest absolute Gasteiger partial charge is 0.118 e. The van der Waals surface area contributed by atoms with Gasteiger partial charge in [-0.25, -0.2) is 0 Å². The Kier molecular flexibility index (Phi) is 3.74. The molecule has 1 N–H and O–H groups in total. The second-order valence-corrected chi connectivity index (χ2v) is 3.20. The van der Waals surface area contributed by atoms with Gasteiger partial charge in [-0.1, -0.05) is 26.0 Å². The van der Waals surface area contributed by atoms with Crippen molar-refractivity contribution >= 4 is 0 Å². The van der Waals surface area contributed by atoms with Gasteiger partial charge in [-0.15, -0.1) is 0 Å². The lowest BCUT2D eigenvalue weighted by molar-refractivity contribution is 0.470. The molecule has 0 radical (unpaired) electrons. The average molecular weight is 170 g/mol. The topological polar surface area (TPSA) is 20.2 Å². The summed E-state index contributed by atoms with van der Waals surface area (Å²) in [6, 6.07) is 5.84. The Labute approximate surface area is 72.4 Å². The molecule has 1 nitrogen and oxygen atoms in total. The summed E-state index contributed by atoms with van der Waals surface area (Å²) in [5.41, 5.74) is 2.13. The molecule has 0 aliphatic heterocycles. The number of phenolic OH excluding ortho intramolecular Hbond substituents is 1. The predicted molar refractivity (Wildman–Crippen MR) is 49.4 cm³/mol. The number of hydrogen-bond donors (Lipinski definition) is 1. The number of aromatic hydroxyl groups is 1. The van der Waals surface area contributed by atoms with Crippen molar-refractivity contribution in [1.29, 1.82) is 0 Å². The zero-order chi connectivity index (χ0) is 8.43. The molecular formula is C10H15FO. The van der Waals surface area contributed by atoms with E-state index in [0.29, 0.717) is 11.7 Å². The first-order valence-electron chi connectivity index (χ1n) is 3.91. The fourth-order valence-corrected chi connectivity index (χ4v) is 0.986. The molecule has 1 rings (SSSR count). The van der Waals surface area contributed by atoms with E-state index in [1.165, 1.54) is 5.56 Å². The Hall–Kier alpha value is -1.05. The summed E-state index contributed by atoms with van der Waals surface area (Å²) in [5, 5.41) is 9.35.